The Kier molecular flexibility index (Phi) is 2.16. The van der Waals surface area contributed by atoms with Gasteiger partial charge in [0.15, 0.2) is 0 Å². The van der Waals surface area contributed by atoms with Gasteiger partial charge in [-0.05, 0) is 12.1 Å². The van der Waals surface area contributed by atoms with Crippen molar-refractivity contribution in [2.24, 2.45) is 0 Å². The molecule has 0 radical (unpaired) electrons. The molecule has 2 rings (SSSR count). The number of rotatable bonds is 1. The molecule has 0 bridgehead atoms. The minimum absolute atomic E-state index is 0.0945. The molecule has 0 fully saturated rings. The molecule has 0 aliphatic rings. The highest BCUT2D eigenvalue weighted by Gasteiger charge is 2.11. The zero-order chi connectivity index (χ0) is 9.97. The summed E-state index contributed by atoms with van der Waals surface area (Å²) in [5.41, 5.74) is 2.02. The number of aromatic nitrogens is 1. The number of fused-ring (bicyclic) bond motifs is 1. The van der Waals surface area contributed by atoms with E-state index in [0.717, 1.165) is 16.5 Å². The lowest BCUT2D eigenvalue weighted by atomic mass is 10.0. The Labute approximate surface area is 83.0 Å². The van der Waals surface area contributed by atoms with E-state index in [1.165, 1.54) is 0 Å². The number of nitrogens with zero attached hydrogens (tertiary/aromatic N) is 2. The van der Waals surface area contributed by atoms with Crippen molar-refractivity contribution in [3.8, 4) is 0 Å². The molecule has 1 aromatic carbocycles. The lowest BCUT2D eigenvalue weighted by Gasteiger charge is -2.03. The van der Waals surface area contributed by atoms with E-state index < -0.39 is 0 Å². The van der Waals surface area contributed by atoms with Crippen LogP contribution in [-0.2, 0) is 0 Å². The van der Waals surface area contributed by atoms with Gasteiger partial charge in [0.25, 0.3) is 0 Å². The number of hydrogen-bond acceptors (Lipinski definition) is 1. The second kappa shape index (κ2) is 3.47. The maximum atomic E-state index is 7.03. The monoisotopic (exact) mass is 182 g/mol. The van der Waals surface area contributed by atoms with E-state index in [-0.39, 0.29) is 6.04 Å². The van der Waals surface area contributed by atoms with Crippen LogP contribution in [0.2, 0.25) is 0 Å². The maximum absolute atomic E-state index is 7.03. The van der Waals surface area contributed by atoms with Crippen molar-refractivity contribution in [2.75, 3.05) is 0 Å². The van der Waals surface area contributed by atoms with E-state index in [2.05, 4.69) is 9.83 Å². The van der Waals surface area contributed by atoms with Crippen LogP contribution in [0.15, 0.2) is 36.5 Å². The molecule has 2 aromatic rings. The van der Waals surface area contributed by atoms with Crippen molar-refractivity contribution in [3.63, 3.8) is 0 Å². The number of para-hydroxylation sites is 1. The Morgan fingerprint density at radius 1 is 1.29 bits per heavy atom. The summed E-state index contributed by atoms with van der Waals surface area (Å²) in [5, 5.41) is 1.08. The summed E-state index contributed by atoms with van der Waals surface area (Å²) in [6.45, 7) is 8.94. The van der Waals surface area contributed by atoms with Gasteiger partial charge in [-0.3, -0.25) is 4.98 Å². The Balaban J connectivity index is 2.72. The third-order valence-electron chi connectivity index (χ3n) is 2.33. The average Bonchev–Trinajstić information content (AvgIpc) is 2.27. The highest BCUT2D eigenvalue weighted by Crippen LogP contribution is 2.24. The Morgan fingerprint density at radius 2 is 2.07 bits per heavy atom. The minimum atomic E-state index is -0.0945. The van der Waals surface area contributed by atoms with Crippen molar-refractivity contribution in [1.82, 2.24) is 4.98 Å². The predicted molar refractivity (Wildman–Crippen MR) is 56.8 cm³/mol. The molecule has 1 atom stereocenters. The predicted octanol–water partition coefficient (Wildman–Crippen LogP) is 3.22. The van der Waals surface area contributed by atoms with Gasteiger partial charge < -0.3 is 4.85 Å². The lowest BCUT2D eigenvalue weighted by Crippen LogP contribution is -1.90. The van der Waals surface area contributed by atoms with Gasteiger partial charge in [0.05, 0.1) is 5.52 Å². The molecule has 1 heterocycles. The van der Waals surface area contributed by atoms with Crippen LogP contribution in [0, 0.1) is 6.57 Å². The fourth-order valence-corrected chi connectivity index (χ4v) is 1.55. The topological polar surface area (TPSA) is 17.2 Å². The lowest BCUT2D eigenvalue weighted by molar-refractivity contribution is 0.970. The molecule has 0 aliphatic heterocycles. The SMILES string of the molecule is [C-]#[N+]C(C)c1ccnc2ccccc12. The van der Waals surface area contributed by atoms with E-state index in [9.17, 15) is 0 Å². The Hall–Kier alpha value is -1.88. The van der Waals surface area contributed by atoms with Crippen LogP contribution < -0.4 is 0 Å². The molecule has 2 nitrogen and oxygen atoms in total. The van der Waals surface area contributed by atoms with Crippen LogP contribution in [-0.4, -0.2) is 4.98 Å². The van der Waals surface area contributed by atoms with E-state index in [1.54, 1.807) is 6.20 Å². The molecule has 1 unspecified atom stereocenters. The number of benzene rings is 1. The quantitative estimate of drug-likeness (QED) is 0.619. The third kappa shape index (κ3) is 1.33. The van der Waals surface area contributed by atoms with Gasteiger partial charge in [0.1, 0.15) is 0 Å². The summed E-state index contributed by atoms with van der Waals surface area (Å²) in [5.74, 6) is 0. The fraction of sp³-hybridized carbons (Fsp3) is 0.167. The first kappa shape index (κ1) is 8.71. The van der Waals surface area contributed by atoms with Crippen LogP contribution in [0.3, 0.4) is 0 Å². The van der Waals surface area contributed by atoms with Crippen LogP contribution in [0.4, 0.5) is 0 Å². The molecule has 0 amide bonds. The van der Waals surface area contributed by atoms with Crippen molar-refractivity contribution < 1.29 is 0 Å². The minimum Gasteiger partial charge on any atom is -0.309 e. The van der Waals surface area contributed by atoms with E-state index in [4.69, 9.17) is 6.57 Å². The molecule has 2 heteroatoms. The molecule has 0 N–H and O–H groups in total. The average molecular weight is 182 g/mol. The summed E-state index contributed by atoms with van der Waals surface area (Å²) in [6, 6.07) is 9.74. The second-order valence-corrected chi connectivity index (χ2v) is 3.22. The normalized spacial score (nSPS) is 12.3. The van der Waals surface area contributed by atoms with Crippen molar-refractivity contribution in [2.45, 2.75) is 13.0 Å². The third-order valence-corrected chi connectivity index (χ3v) is 2.33. The van der Waals surface area contributed by atoms with Gasteiger partial charge in [-0.1, -0.05) is 18.2 Å². The van der Waals surface area contributed by atoms with Gasteiger partial charge in [-0.2, -0.15) is 0 Å². The zero-order valence-electron chi connectivity index (χ0n) is 7.94. The van der Waals surface area contributed by atoms with Crippen LogP contribution in [0.25, 0.3) is 15.7 Å². The van der Waals surface area contributed by atoms with Crippen LogP contribution in [0.1, 0.15) is 18.5 Å². The molecular weight excluding hydrogens is 172 g/mol. The molecular formula is C12H10N2. The number of hydrogen-bond donors (Lipinski definition) is 0. The van der Waals surface area contributed by atoms with Crippen molar-refractivity contribution in [3.05, 3.63) is 53.5 Å². The van der Waals surface area contributed by atoms with Gasteiger partial charge in [-0.25, -0.2) is 6.57 Å². The van der Waals surface area contributed by atoms with Gasteiger partial charge in [0, 0.05) is 24.1 Å². The highest BCUT2D eigenvalue weighted by atomic mass is 14.7. The standard InChI is InChI=1S/C12H10N2/c1-9(13-2)10-7-8-14-12-6-4-3-5-11(10)12/h3-9H,1H3. The summed E-state index contributed by atoms with van der Waals surface area (Å²) in [6.07, 6.45) is 1.76. The molecule has 1 aromatic heterocycles. The summed E-state index contributed by atoms with van der Waals surface area (Å²) < 4.78 is 0. The van der Waals surface area contributed by atoms with Crippen LogP contribution in [0.5, 0.6) is 0 Å². The summed E-state index contributed by atoms with van der Waals surface area (Å²) in [7, 11) is 0. The molecule has 0 saturated carbocycles. The van der Waals surface area contributed by atoms with E-state index in [1.807, 2.05) is 37.3 Å². The van der Waals surface area contributed by atoms with Crippen molar-refractivity contribution in [1.29, 1.82) is 0 Å². The Bertz CT molecular complexity index is 492. The van der Waals surface area contributed by atoms with E-state index >= 15 is 0 Å². The number of pyridine rings is 1. The molecule has 68 valence electrons. The van der Waals surface area contributed by atoms with Gasteiger partial charge in [0.2, 0.25) is 6.04 Å². The zero-order valence-corrected chi connectivity index (χ0v) is 7.94. The Morgan fingerprint density at radius 3 is 2.86 bits per heavy atom. The summed E-state index contributed by atoms with van der Waals surface area (Å²) in [4.78, 5) is 7.79. The first-order chi connectivity index (χ1) is 6.83. The summed E-state index contributed by atoms with van der Waals surface area (Å²) >= 11 is 0. The molecule has 0 spiro atoms. The maximum Gasteiger partial charge on any atom is 0.246 e. The van der Waals surface area contributed by atoms with Gasteiger partial charge >= 0.3 is 0 Å². The fourth-order valence-electron chi connectivity index (χ4n) is 1.55. The second-order valence-electron chi connectivity index (χ2n) is 3.22. The van der Waals surface area contributed by atoms with E-state index in [0.29, 0.717) is 0 Å². The molecule has 0 saturated heterocycles. The largest absolute Gasteiger partial charge is 0.309 e. The first-order valence-electron chi connectivity index (χ1n) is 4.53. The van der Waals surface area contributed by atoms with Gasteiger partial charge in [-0.15, -0.1) is 0 Å². The smallest absolute Gasteiger partial charge is 0.246 e. The highest BCUT2D eigenvalue weighted by molar-refractivity contribution is 5.82. The molecule has 0 aliphatic carbocycles. The molecule has 14 heavy (non-hydrogen) atoms. The van der Waals surface area contributed by atoms with Crippen molar-refractivity contribution >= 4 is 10.9 Å². The first-order valence-corrected chi connectivity index (χ1v) is 4.53. The van der Waals surface area contributed by atoms with Crippen LogP contribution >= 0.6 is 0 Å².